The first-order valence-electron chi connectivity index (χ1n) is 7.68. The van der Waals surface area contributed by atoms with Crippen LogP contribution in [0.3, 0.4) is 0 Å². The first-order chi connectivity index (χ1) is 11.6. The van der Waals surface area contributed by atoms with Crippen LogP contribution in [0.5, 0.6) is 11.5 Å². The van der Waals surface area contributed by atoms with Crippen LogP contribution in [0.1, 0.15) is 6.92 Å². The number of benzene rings is 2. The van der Waals surface area contributed by atoms with Gasteiger partial charge in [0.15, 0.2) is 0 Å². The third-order valence-corrected chi connectivity index (χ3v) is 4.92. The van der Waals surface area contributed by atoms with E-state index >= 15 is 0 Å². The summed E-state index contributed by atoms with van der Waals surface area (Å²) in [5.41, 5.74) is 1.58. The molecule has 1 unspecified atom stereocenters. The number of para-hydroxylation sites is 1. The van der Waals surface area contributed by atoms with Gasteiger partial charge in [-0.25, -0.2) is 4.79 Å². The molecule has 2 aromatic carbocycles. The highest BCUT2D eigenvalue weighted by Crippen LogP contribution is 2.38. The van der Waals surface area contributed by atoms with Crippen LogP contribution in [0.25, 0.3) is 0 Å². The first-order valence-corrected chi connectivity index (χ1v) is 8.56. The molecule has 1 heterocycles. The number of hydrogen-bond donors (Lipinski definition) is 1. The zero-order chi connectivity index (χ0) is 17.1. The van der Waals surface area contributed by atoms with Crippen molar-refractivity contribution in [3.8, 4) is 11.5 Å². The number of methoxy groups -OCH3 is 2. The van der Waals surface area contributed by atoms with Gasteiger partial charge in [0.05, 0.1) is 19.9 Å². The lowest BCUT2D eigenvalue weighted by Crippen LogP contribution is -2.41. The van der Waals surface area contributed by atoms with Crippen molar-refractivity contribution >= 4 is 29.2 Å². The molecule has 2 aromatic rings. The van der Waals surface area contributed by atoms with Gasteiger partial charge in [0.1, 0.15) is 11.5 Å². The van der Waals surface area contributed by atoms with E-state index in [1.807, 2.05) is 24.3 Å². The summed E-state index contributed by atoms with van der Waals surface area (Å²) in [6.07, 6.45) is 0. The van der Waals surface area contributed by atoms with Gasteiger partial charge >= 0.3 is 6.03 Å². The van der Waals surface area contributed by atoms with Crippen molar-refractivity contribution in [1.29, 1.82) is 0 Å². The molecule has 126 valence electrons. The van der Waals surface area contributed by atoms with Gasteiger partial charge in [-0.05, 0) is 12.1 Å². The number of carbonyl (C=O) groups excluding carboxylic acids is 1. The fourth-order valence-electron chi connectivity index (χ4n) is 2.65. The summed E-state index contributed by atoms with van der Waals surface area (Å²) in [5.74, 6) is 1.26. The van der Waals surface area contributed by atoms with Gasteiger partial charge in [0.2, 0.25) is 0 Å². The molecule has 1 aliphatic heterocycles. The Morgan fingerprint density at radius 2 is 1.83 bits per heavy atom. The molecule has 0 radical (unpaired) electrons. The second-order valence-electron chi connectivity index (χ2n) is 5.54. The van der Waals surface area contributed by atoms with Gasteiger partial charge in [-0.2, -0.15) is 0 Å². The largest absolute Gasteiger partial charge is 0.497 e. The molecule has 6 heteroatoms. The van der Waals surface area contributed by atoms with Gasteiger partial charge < -0.3 is 14.8 Å². The number of nitrogens with zero attached hydrogens (tertiary/aromatic N) is 1. The van der Waals surface area contributed by atoms with Crippen LogP contribution >= 0.6 is 11.8 Å². The predicted molar refractivity (Wildman–Crippen MR) is 97.7 cm³/mol. The molecule has 1 aliphatic rings. The van der Waals surface area contributed by atoms with Crippen molar-refractivity contribution < 1.29 is 14.3 Å². The Balaban J connectivity index is 1.85. The number of hydrogen-bond acceptors (Lipinski definition) is 4. The van der Waals surface area contributed by atoms with Crippen LogP contribution in [0, 0.1) is 0 Å². The van der Waals surface area contributed by atoms with Crippen LogP contribution in [-0.2, 0) is 0 Å². The van der Waals surface area contributed by atoms with E-state index in [0.29, 0.717) is 29.0 Å². The molecule has 0 saturated carbocycles. The molecule has 3 rings (SSSR count). The third-order valence-electron chi connectivity index (χ3n) is 3.77. The first kappa shape index (κ1) is 16.5. The van der Waals surface area contributed by atoms with Gasteiger partial charge in [-0.15, -0.1) is 11.8 Å². The Bertz CT molecular complexity index is 729. The number of urea groups is 1. The molecule has 0 bridgehead atoms. The summed E-state index contributed by atoms with van der Waals surface area (Å²) < 4.78 is 10.5. The van der Waals surface area contributed by atoms with Crippen molar-refractivity contribution in [3.63, 3.8) is 0 Å². The third kappa shape index (κ3) is 3.43. The number of ether oxygens (including phenoxy) is 2. The molecule has 0 saturated heterocycles. The maximum absolute atomic E-state index is 12.8. The molecule has 2 amide bonds. The zero-order valence-electron chi connectivity index (χ0n) is 13.9. The number of nitrogens with one attached hydrogen (secondary N) is 1. The van der Waals surface area contributed by atoms with Crippen LogP contribution < -0.4 is 19.7 Å². The Labute approximate surface area is 145 Å². The maximum atomic E-state index is 12.8. The van der Waals surface area contributed by atoms with Crippen molar-refractivity contribution in [2.45, 2.75) is 17.1 Å². The molecule has 0 aliphatic carbocycles. The SMILES string of the molecule is COc1cc(NC(=O)N2CC(C)Sc3ccccc32)cc(OC)c1. The smallest absolute Gasteiger partial charge is 0.326 e. The zero-order valence-corrected chi connectivity index (χ0v) is 14.7. The molecule has 0 spiro atoms. The minimum atomic E-state index is -0.162. The summed E-state index contributed by atoms with van der Waals surface area (Å²) in [4.78, 5) is 15.7. The number of fused-ring (bicyclic) bond motifs is 1. The van der Waals surface area contributed by atoms with Crippen LogP contribution in [0.2, 0.25) is 0 Å². The van der Waals surface area contributed by atoms with E-state index in [4.69, 9.17) is 9.47 Å². The van der Waals surface area contributed by atoms with Crippen LogP contribution in [0.4, 0.5) is 16.2 Å². The topological polar surface area (TPSA) is 50.8 Å². The minimum absolute atomic E-state index is 0.162. The van der Waals surface area contributed by atoms with Gasteiger partial charge in [-0.3, -0.25) is 4.90 Å². The molecule has 24 heavy (non-hydrogen) atoms. The van der Waals surface area contributed by atoms with Crippen LogP contribution in [0.15, 0.2) is 47.4 Å². The second-order valence-corrected chi connectivity index (χ2v) is 7.02. The average Bonchev–Trinajstić information content (AvgIpc) is 2.60. The van der Waals surface area contributed by atoms with Crippen LogP contribution in [-0.4, -0.2) is 32.0 Å². The Hall–Kier alpha value is -2.34. The maximum Gasteiger partial charge on any atom is 0.326 e. The second kappa shape index (κ2) is 7.05. The predicted octanol–water partition coefficient (Wildman–Crippen LogP) is 4.24. The van der Waals surface area contributed by atoms with Gasteiger partial charge in [0.25, 0.3) is 0 Å². The Morgan fingerprint density at radius 3 is 2.50 bits per heavy atom. The molecule has 0 aromatic heterocycles. The average molecular weight is 344 g/mol. The summed E-state index contributed by atoms with van der Waals surface area (Å²) in [5, 5.41) is 3.28. The quantitative estimate of drug-likeness (QED) is 0.905. The minimum Gasteiger partial charge on any atom is -0.497 e. The van der Waals surface area contributed by atoms with Gasteiger partial charge in [0, 0.05) is 40.6 Å². The fraction of sp³-hybridized carbons (Fsp3) is 0.278. The summed E-state index contributed by atoms with van der Waals surface area (Å²) in [7, 11) is 3.17. The molecule has 0 fully saturated rings. The summed E-state index contributed by atoms with van der Waals surface area (Å²) in [6.45, 7) is 2.78. The molecule has 1 N–H and O–H groups in total. The van der Waals surface area contributed by atoms with Gasteiger partial charge in [-0.1, -0.05) is 19.1 Å². The van der Waals surface area contributed by atoms with E-state index in [1.54, 1.807) is 49.1 Å². The summed E-state index contributed by atoms with van der Waals surface area (Å²) >= 11 is 1.79. The normalized spacial score (nSPS) is 16.3. The Morgan fingerprint density at radius 1 is 1.17 bits per heavy atom. The lowest BCUT2D eigenvalue weighted by atomic mass is 10.2. The molecular weight excluding hydrogens is 324 g/mol. The number of anilines is 2. The number of thioether (sulfide) groups is 1. The molecule has 1 atom stereocenters. The monoisotopic (exact) mass is 344 g/mol. The highest BCUT2D eigenvalue weighted by Gasteiger charge is 2.26. The van der Waals surface area contributed by atoms with Crippen molar-refractivity contribution in [2.24, 2.45) is 0 Å². The molecular formula is C18H20N2O3S. The van der Waals surface area contributed by atoms with Crippen molar-refractivity contribution in [1.82, 2.24) is 0 Å². The van der Waals surface area contributed by atoms with Crippen molar-refractivity contribution in [2.75, 3.05) is 31.0 Å². The van der Waals surface area contributed by atoms with E-state index in [-0.39, 0.29) is 6.03 Å². The molecule has 5 nitrogen and oxygen atoms in total. The summed E-state index contributed by atoms with van der Waals surface area (Å²) in [6, 6.07) is 13.1. The number of carbonyl (C=O) groups is 1. The van der Waals surface area contributed by atoms with E-state index in [2.05, 4.69) is 12.2 Å². The Kier molecular flexibility index (Phi) is 4.85. The number of amides is 2. The van der Waals surface area contributed by atoms with E-state index in [9.17, 15) is 4.79 Å². The van der Waals surface area contributed by atoms with Crippen molar-refractivity contribution in [3.05, 3.63) is 42.5 Å². The number of rotatable bonds is 3. The van der Waals surface area contributed by atoms with E-state index in [0.717, 1.165) is 10.6 Å². The standard InChI is InChI=1S/C18H20N2O3S/c1-12-11-20(16-6-4-5-7-17(16)24-12)18(21)19-13-8-14(22-2)10-15(9-13)23-3/h4-10,12H,11H2,1-3H3,(H,19,21). The van der Waals surface area contributed by atoms with E-state index < -0.39 is 0 Å². The highest BCUT2D eigenvalue weighted by atomic mass is 32.2. The lowest BCUT2D eigenvalue weighted by Gasteiger charge is -2.32. The van der Waals surface area contributed by atoms with E-state index in [1.165, 1.54) is 0 Å². The lowest BCUT2D eigenvalue weighted by molar-refractivity contribution is 0.256. The highest BCUT2D eigenvalue weighted by molar-refractivity contribution is 8.00. The fourth-order valence-corrected chi connectivity index (χ4v) is 3.77.